The Bertz CT molecular complexity index is 738. The predicted octanol–water partition coefficient (Wildman–Crippen LogP) is 3.87. The van der Waals surface area contributed by atoms with Gasteiger partial charge in [-0.2, -0.15) is 0 Å². The zero-order valence-electron chi connectivity index (χ0n) is 13.3. The standard InChI is InChI=1S/C19H19NO3/c1-3-20(16-9-10-18-19(11-16)23-13-22-18)12-17(14(2)21)15-7-5-4-6-8-15/h4-12H,3,13H2,1-2H3/b17-12+. The lowest BCUT2D eigenvalue weighted by molar-refractivity contribution is -0.111. The molecule has 4 heteroatoms. The van der Waals surface area contributed by atoms with E-state index < -0.39 is 0 Å². The van der Waals surface area contributed by atoms with Crippen molar-refractivity contribution >= 4 is 17.0 Å². The lowest BCUT2D eigenvalue weighted by atomic mass is 10.0. The Morgan fingerprint density at radius 2 is 1.87 bits per heavy atom. The molecule has 1 aliphatic rings. The highest BCUT2D eigenvalue weighted by Gasteiger charge is 2.16. The average molecular weight is 309 g/mol. The molecular weight excluding hydrogens is 290 g/mol. The maximum absolute atomic E-state index is 12.1. The number of hydrogen-bond donors (Lipinski definition) is 0. The molecule has 2 aromatic carbocycles. The van der Waals surface area contributed by atoms with Crippen LogP contribution in [0.25, 0.3) is 5.57 Å². The number of carbonyl (C=O) groups excluding carboxylic acids is 1. The van der Waals surface area contributed by atoms with Crippen LogP contribution in [0.4, 0.5) is 5.69 Å². The third kappa shape index (κ3) is 3.21. The highest BCUT2D eigenvalue weighted by atomic mass is 16.7. The smallest absolute Gasteiger partial charge is 0.231 e. The first-order valence-corrected chi connectivity index (χ1v) is 7.63. The van der Waals surface area contributed by atoms with E-state index in [9.17, 15) is 4.79 Å². The normalized spacial score (nSPS) is 13.0. The summed E-state index contributed by atoms with van der Waals surface area (Å²) in [7, 11) is 0. The minimum absolute atomic E-state index is 0.0374. The van der Waals surface area contributed by atoms with E-state index in [0.717, 1.165) is 29.3 Å². The van der Waals surface area contributed by atoms with Gasteiger partial charge in [0.05, 0.1) is 0 Å². The van der Waals surface area contributed by atoms with Crippen molar-refractivity contribution in [2.45, 2.75) is 13.8 Å². The molecule has 1 aliphatic heterocycles. The molecule has 3 rings (SSSR count). The lowest BCUT2D eigenvalue weighted by Gasteiger charge is -2.20. The number of anilines is 1. The summed E-state index contributed by atoms with van der Waals surface area (Å²) in [5.41, 5.74) is 2.57. The zero-order chi connectivity index (χ0) is 16.2. The Kier molecular flexibility index (Phi) is 4.33. The van der Waals surface area contributed by atoms with E-state index in [4.69, 9.17) is 9.47 Å². The van der Waals surface area contributed by atoms with E-state index in [-0.39, 0.29) is 12.6 Å². The molecular formula is C19H19NO3. The maximum Gasteiger partial charge on any atom is 0.231 e. The van der Waals surface area contributed by atoms with Gasteiger partial charge >= 0.3 is 0 Å². The largest absolute Gasteiger partial charge is 0.454 e. The van der Waals surface area contributed by atoms with Crippen LogP contribution in [-0.2, 0) is 4.79 Å². The summed E-state index contributed by atoms with van der Waals surface area (Å²) in [6.07, 6.45) is 1.90. The second-order valence-corrected chi connectivity index (χ2v) is 5.29. The van der Waals surface area contributed by atoms with Crippen molar-refractivity contribution in [2.24, 2.45) is 0 Å². The molecule has 0 aromatic heterocycles. The summed E-state index contributed by atoms with van der Waals surface area (Å²) in [6, 6.07) is 15.5. The molecule has 23 heavy (non-hydrogen) atoms. The van der Waals surface area contributed by atoms with Crippen LogP contribution < -0.4 is 14.4 Å². The van der Waals surface area contributed by atoms with Crippen LogP contribution in [0, 0.1) is 0 Å². The van der Waals surface area contributed by atoms with Crippen molar-refractivity contribution in [1.29, 1.82) is 0 Å². The predicted molar refractivity (Wildman–Crippen MR) is 90.7 cm³/mol. The average Bonchev–Trinajstić information content (AvgIpc) is 3.04. The number of nitrogens with zero attached hydrogens (tertiary/aromatic N) is 1. The number of hydrogen-bond acceptors (Lipinski definition) is 4. The lowest BCUT2D eigenvalue weighted by Crippen LogP contribution is -2.17. The molecule has 0 aliphatic carbocycles. The van der Waals surface area contributed by atoms with Crippen molar-refractivity contribution < 1.29 is 14.3 Å². The highest BCUT2D eigenvalue weighted by Crippen LogP contribution is 2.35. The molecule has 2 aromatic rings. The number of carbonyl (C=O) groups is 1. The summed E-state index contributed by atoms with van der Waals surface area (Å²) >= 11 is 0. The molecule has 0 bridgehead atoms. The number of allylic oxidation sites excluding steroid dienone is 1. The highest BCUT2D eigenvalue weighted by molar-refractivity contribution is 6.19. The van der Waals surface area contributed by atoms with Crippen LogP contribution in [0.15, 0.2) is 54.7 Å². The molecule has 0 atom stereocenters. The summed E-state index contributed by atoms with van der Waals surface area (Å²) in [4.78, 5) is 14.1. The van der Waals surface area contributed by atoms with Gasteiger partial charge in [0.1, 0.15) is 0 Å². The maximum atomic E-state index is 12.1. The number of fused-ring (bicyclic) bond motifs is 1. The van der Waals surface area contributed by atoms with E-state index >= 15 is 0 Å². The Labute approximate surface area is 135 Å². The summed E-state index contributed by atoms with van der Waals surface area (Å²) < 4.78 is 10.8. The topological polar surface area (TPSA) is 38.8 Å². The summed E-state index contributed by atoms with van der Waals surface area (Å²) in [5.74, 6) is 1.53. The van der Waals surface area contributed by atoms with Gasteiger partial charge in [-0.1, -0.05) is 30.3 Å². The van der Waals surface area contributed by atoms with Crippen molar-refractivity contribution in [3.05, 3.63) is 60.3 Å². The molecule has 1 heterocycles. The number of ketones is 1. The summed E-state index contributed by atoms with van der Waals surface area (Å²) in [6.45, 7) is 4.63. The first-order chi connectivity index (χ1) is 11.2. The quantitative estimate of drug-likeness (QED) is 0.786. The van der Waals surface area contributed by atoms with Crippen molar-refractivity contribution in [1.82, 2.24) is 0 Å². The molecule has 0 radical (unpaired) electrons. The fraction of sp³-hybridized carbons (Fsp3) is 0.211. The zero-order valence-corrected chi connectivity index (χ0v) is 13.3. The first-order valence-electron chi connectivity index (χ1n) is 7.63. The molecule has 0 N–H and O–H groups in total. The molecule has 0 unspecified atom stereocenters. The van der Waals surface area contributed by atoms with Gasteiger partial charge < -0.3 is 14.4 Å². The SMILES string of the molecule is CCN(/C=C(\C(C)=O)c1ccccc1)c1ccc2c(c1)OCO2. The van der Waals surface area contributed by atoms with Crippen LogP contribution in [0.5, 0.6) is 11.5 Å². The van der Waals surface area contributed by atoms with E-state index in [1.54, 1.807) is 6.92 Å². The minimum atomic E-state index is 0.0374. The monoisotopic (exact) mass is 309 g/mol. The number of ether oxygens (including phenoxy) is 2. The second kappa shape index (κ2) is 6.57. The van der Waals surface area contributed by atoms with Gasteiger partial charge in [-0.25, -0.2) is 0 Å². The van der Waals surface area contributed by atoms with E-state index in [0.29, 0.717) is 5.57 Å². The van der Waals surface area contributed by atoms with E-state index in [1.807, 2.05) is 66.6 Å². The van der Waals surface area contributed by atoms with Gasteiger partial charge in [-0.15, -0.1) is 0 Å². The van der Waals surface area contributed by atoms with Crippen LogP contribution >= 0.6 is 0 Å². The van der Waals surface area contributed by atoms with Gasteiger partial charge in [-0.3, -0.25) is 4.79 Å². The number of rotatable bonds is 5. The fourth-order valence-corrected chi connectivity index (χ4v) is 2.55. The van der Waals surface area contributed by atoms with Crippen LogP contribution in [0.1, 0.15) is 19.4 Å². The minimum Gasteiger partial charge on any atom is -0.454 e. The van der Waals surface area contributed by atoms with Gasteiger partial charge in [-0.05, 0) is 31.5 Å². The Morgan fingerprint density at radius 1 is 1.13 bits per heavy atom. The molecule has 0 saturated heterocycles. The van der Waals surface area contributed by atoms with Crippen LogP contribution in [-0.4, -0.2) is 19.1 Å². The third-order valence-corrected chi connectivity index (χ3v) is 3.78. The molecule has 0 fully saturated rings. The summed E-state index contributed by atoms with van der Waals surface area (Å²) in [5, 5.41) is 0. The van der Waals surface area contributed by atoms with Gasteiger partial charge in [0.15, 0.2) is 17.3 Å². The number of Topliss-reactive ketones (excluding diaryl/α,β-unsaturated/α-hetero) is 1. The van der Waals surface area contributed by atoms with E-state index in [2.05, 4.69) is 0 Å². The first kappa shape index (κ1) is 15.2. The van der Waals surface area contributed by atoms with Gasteiger partial charge in [0, 0.05) is 30.1 Å². The van der Waals surface area contributed by atoms with Crippen molar-refractivity contribution in [3.63, 3.8) is 0 Å². The van der Waals surface area contributed by atoms with Crippen LogP contribution in [0.3, 0.4) is 0 Å². The van der Waals surface area contributed by atoms with Gasteiger partial charge in [0.25, 0.3) is 0 Å². The Hall–Kier alpha value is -2.75. The van der Waals surface area contributed by atoms with Crippen molar-refractivity contribution in [2.75, 3.05) is 18.2 Å². The molecule has 0 saturated carbocycles. The fourth-order valence-electron chi connectivity index (χ4n) is 2.55. The number of benzene rings is 2. The van der Waals surface area contributed by atoms with Crippen LogP contribution in [0.2, 0.25) is 0 Å². The van der Waals surface area contributed by atoms with Crippen molar-refractivity contribution in [3.8, 4) is 11.5 Å². The third-order valence-electron chi connectivity index (χ3n) is 3.78. The Balaban J connectivity index is 1.97. The Morgan fingerprint density at radius 3 is 2.57 bits per heavy atom. The van der Waals surface area contributed by atoms with Gasteiger partial charge in [0.2, 0.25) is 6.79 Å². The van der Waals surface area contributed by atoms with E-state index in [1.165, 1.54) is 0 Å². The molecule has 4 nitrogen and oxygen atoms in total. The molecule has 118 valence electrons. The molecule has 0 spiro atoms. The second-order valence-electron chi connectivity index (χ2n) is 5.29. The molecule has 0 amide bonds.